The number of Topliss-reactive ketones (excluding diaryl/α,β-unsaturated/α-hetero) is 1. The molecule has 2 aromatic carbocycles. The van der Waals surface area contributed by atoms with Crippen molar-refractivity contribution < 1.29 is 14.3 Å². The highest BCUT2D eigenvalue weighted by Gasteiger charge is 2.13. The highest BCUT2D eigenvalue weighted by atomic mass is 32.1. The van der Waals surface area contributed by atoms with Gasteiger partial charge in [0.15, 0.2) is 10.8 Å². The Morgan fingerprint density at radius 1 is 1.13 bits per heavy atom. The zero-order valence-electron chi connectivity index (χ0n) is 12.6. The molecule has 0 aliphatic carbocycles. The van der Waals surface area contributed by atoms with Crippen LogP contribution < -0.4 is 0 Å². The van der Waals surface area contributed by atoms with Crippen molar-refractivity contribution >= 4 is 33.3 Å². The number of aromatic nitrogens is 1. The van der Waals surface area contributed by atoms with E-state index in [-0.39, 0.29) is 18.4 Å². The second kappa shape index (κ2) is 6.71. The molecule has 0 amide bonds. The van der Waals surface area contributed by atoms with Crippen LogP contribution in [0.15, 0.2) is 48.5 Å². The van der Waals surface area contributed by atoms with Crippen LogP contribution in [0.4, 0.5) is 0 Å². The summed E-state index contributed by atoms with van der Waals surface area (Å²) in [6.45, 7) is 2.04. The maximum absolute atomic E-state index is 12.2. The number of ether oxygens (including phenoxy) is 1. The third kappa shape index (κ3) is 3.46. The normalized spacial score (nSPS) is 10.7. The van der Waals surface area contributed by atoms with Crippen molar-refractivity contribution in [1.82, 2.24) is 4.98 Å². The van der Waals surface area contributed by atoms with Gasteiger partial charge in [-0.1, -0.05) is 37.3 Å². The molecule has 3 rings (SSSR count). The van der Waals surface area contributed by atoms with Crippen LogP contribution >= 0.6 is 11.3 Å². The Labute approximate surface area is 137 Å². The predicted octanol–water partition coefficient (Wildman–Crippen LogP) is 4.25. The first kappa shape index (κ1) is 15.4. The van der Waals surface area contributed by atoms with E-state index < -0.39 is 0 Å². The molecule has 0 radical (unpaired) electrons. The molecule has 0 fully saturated rings. The molecule has 0 N–H and O–H groups in total. The quantitative estimate of drug-likeness (QED) is 0.520. The molecule has 1 aromatic heterocycles. The Morgan fingerprint density at radius 3 is 2.65 bits per heavy atom. The molecule has 0 aliphatic heterocycles. The molecule has 0 unspecified atom stereocenters. The molecule has 0 spiro atoms. The van der Waals surface area contributed by atoms with E-state index in [4.69, 9.17) is 4.74 Å². The lowest BCUT2D eigenvalue weighted by Gasteiger charge is -2.04. The number of thiazole rings is 1. The summed E-state index contributed by atoms with van der Waals surface area (Å²) >= 11 is 1.31. The number of hydrogen-bond acceptors (Lipinski definition) is 5. The molecule has 0 saturated carbocycles. The van der Waals surface area contributed by atoms with Gasteiger partial charge in [0.25, 0.3) is 0 Å². The number of hydrogen-bond donors (Lipinski definition) is 0. The van der Waals surface area contributed by atoms with Gasteiger partial charge >= 0.3 is 5.97 Å². The number of esters is 1. The number of fused-ring (bicyclic) bond motifs is 1. The van der Waals surface area contributed by atoms with E-state index in [0.717, 1.165) is 15.8 Å². The van der Waals surface area contributed by atoms with E-state index in [9.17, 15) is 9.59 Å². The Morgan fingerprint density at radius 2 is 1.91 bits per heavy atom. The number of benzene rings is 2. The molecule has 4 nitrogen and oxygen atoms in total. The van der Waals surface area contributed by atoms with Crippen molar-refractivity contribution in [2.75, 3.05) is 0 Å². The lowest BCUT2D eigenvalue weighted by atomic mass is 10.2. The van der Waals surface area contributed by atoms with Crippen molar-refractivity contribution in [3.8, 4) is 0 Å². The van der Waals surface area contributed by atoms with Gasteiger partial charge in [0.05, 0.1) is 15.8 Å². The summed E-state index contributed by atoms with van der Waals surface area (Å²) in [5, 5.41) is 0.484. The maximum atomic E-state index is 12.2. The smallest absolute Gasteiger partial charge is 0.338 e. The van der Waals surface area contributed by atoms with Crippen LogP contribution in [0.3, 0.4) is 0 Å². The number of carbonyl (C=O) groups excluding carboxylic acids is 2. The second-order valence-electron chi connectivity index (χ2n) is 5.04. The van der Waals surface area contributed by atoms with Crippen LogP contribution in [0.5, 0.6) is 0 Å². The Kier molecular flexibility index (Phi) is 4.48. The third-order valence-corrected chi connectivity index (χ3v) is 4.46. The number of rotatable bonds is 5. The molecule has 0 saturated heterocycles. The van der Waals surface area contributed by atoms with Crippen molar-refractivity contribution in [2.24, 2.45) is 0 Å². The zero-order valence-corrected chi connectivity index (χ0v) is 13.4. The summed E-state index contributed by atoms with van der Waals surface area (Å²) in [7, 11) is 0. The summed E-state index contributed by atoms with van der Waals surface area (Å²) < 4.78 is 6.13. The first-order valence-electron chi connectivity index (χ1n) is 7.32. The molecule has 5 heteroatoms. The van der Waals surface area contributed by atoms with Gasteiger partial charge < -0.3 is 4.74 Å². The minimum atomic E-state index is -0.382. The van der Waals surface area contributed by atoms with Gasteiger partial charge in [-0.05, 0) is 23.8 Å². The average Bonchev–Trinajstić information content (AvgIpc) is 3.03. The molecule has 116 valence electrons. The van der Waals surface area contributed by atoms with Crippen LogP contribution in [-0.2, 0) is 11.3 Å². The molecule has 1 heterocycles. The van der Waals surface area contributed by atoms with Crippen molar-refractivity contribution in [2.45, 2.75) is 20.0 Å². The lowest BCUT2D eigenvalue weighted by molar-refractivity contribution is 0.0473. The molecular weight excluding hydrogens is 310 g/mol. The minimum absolute atomic E-state index is 0.0133. The largest absolute Gasteiger partial charge is 0.457 e. The van der Waals surface area contributed by atoms with Crippen LogP contribution in [0.1, 0.15) is 39.1 Å². The SMILES string of the molecule is CCC(=O)c1nc2ccc(C(=O)OCc3ccccc3)cc2s1. The van der Waals surface area contributed by atoms with Crippen LogP contribution in [0.25, 0.3) is 10.2 Å². The number of carbonyl (C=O) groups is 2. The summed E-state index contributed by atoms with van der Waals surface area (Å²) in [6.07, 6.45) is 0.422. The first-order valence-corrected chi connectivity index (χ1v) is 8.14. The molecule has 23 heavy (non-hydrogen) atoms. The van der Waals surface area contributed by atoms with E-state index in [1.165, 1.54) is 11.3 Å². The van der Waals surface area contributed by atoms with Gasteiger partial charge in [0.1, 0.15) is 6.61 Å². The fraction of sp³-hybridized carbons (Fsp3) is 0.167. The zero-order chi connectivity index (χ0) is 16.2. The Balaban J connectivity index is 1.77. The number of ketones is 1. The van der Waals surface area contributed by atoms with Crippen LogP contribution in [-0.4, -0.2) is 16.7 Å². The lowest BCUT2D eigenvalue weighted by Crippen LogP contribution is -2.04. The van der Waals surface area contributed by atoms with Crippen molar-refractivity contribution in [3.63, 3.8) is 0 Å². The van der Waals surface area contributed by atoms with Crippen LogP contribution in [0, 0.1) is 0 Å². The first-order chi connectivity index (χ1) is 11.2. The summed E-state index contributed by atoms with van der Waals surface area (Å²) in [4.78, 5) is 28.2. The fourth-order valence-corrected chi connectivity index (χ4v) is 3.14. The molecule has 0 atom stereocenters. The minimum Gasteiger partial charge on any atom is -0.457 e. The van der Waals surface area contributed by atoms with Crippen molar-refractivity contribution in [3.05, 3.63) is 64.7 Å². The highest BCUT2D eigenvalue weighted by Crippen LogP contribution is 2.24. The third-order valence-electron chi connectivity index (χ3n) is 3.40. The van der Waals surface area contributed by atoms with Crippen LogP contribution in [0.2, 0.25) is 0 Å². The van der Waals surface area contributed by atoms with Gasteiger partial charge in [-0.25, -0.2) is 9.78 Å². The Hall–Kier alpha value is -2.53. The van der Waals surface area contributed by atoms with Gasteiger partial charge in [-0.3, -0.25) is 4.79 Å². The van der Waals surface area contributed by atoms with E-state index >= 15 is 0 Å². The summed E-state index contributed by atoms with van der Waals surface area (Å²) in [5.41, 5.74) is 2.13. The van der Waals surface area contributed by atoms with Gasteiger partial charge in [0.2, 0.25) is 0 Å². The van der Waals surface area contributed by atoms with Gasteiger partial charge in [-0.15, -0.1) is 11.3 Å². The Bertz CT molecular complexity index is 855. The average molecular weight is 325 g/mol. The summed E-state index contributed by atoms with van der Waals surface area (Å²) in [5.74, 6) is -0.369. The van der Waals surface area contributed by atoms with E-state index in [1.54, 1.807) is 25.1 Å². The van der Waals surface area contributed by atoms with Crippen molar-refractivity contribution in [1.29, 1.82) is 0 Å². The maximum Gasteiger partial charge on any atom is 0.338 e. The van der Waals surface area contributed by atoms with E-state index in [0.29, 0.717) is 17.0 Å². The number of nitrogens with zero attached hydrogens (tertiary/aromatic N) is 1. The highest BCUT2D eigenvalue weighted by molar-refractivity contribution is 7.20. The topological polar surface area (TPSA) is 56.3 Å². The van der Waals surface area contributed by atoms with E-state index in [2.05, 4.69) is 4.98 Å². The van der Waals surface area contributed by atoms with Gasteiger partial charge in [-0.2, -0.15) is 0 Å². The molecule has 0 aliphatic rings. The standard InChI is InChI=1S/C18H15NO3S/c1-2-15(20)17-19-14-9-8-13(10-16(14)23-17)18(21)22-11-12-6-4-3-5-7-12/h3-10H,2,11H2,1H3. The van der Waals surface area contributed by atoms with Gasteiger partial charge in [0, 0.05) is 6.42 Å². The monoisotopic (exact) mass is 325 g/mol. The molecular formula is C18H15NO3S. The van der Waals surface area contributed by atoms with E-state index in [1.807, 2.05) is 30.3 Å². The fourth-order valence-electron chi connectivity index (χ4n) is 2.13. The molecule has 0 bridgehead atoms. The second-order valence-corrected chi connectivity index (χ2v) is 6.07. The predicted molar refractivity (Wildman–Crippen MR) is 89.8 cm³/mol. The molecule has 3 aromatic rings. The summed E-state index contributed by atoms with van der Waals surface area (Å²) in [6, 6.07) is 14.7.